The van der Waals surface area contributed by atoms with Crippen LogP contribution in [0.25, 0.3) is 0 Å². The van der Waals surface area contributed by atoms with Crippen molar-refractivity contribution in [2.24, 2.45) is 0 Å². The maximum absolute atomic E-state index is 3.64. The highest BCUT2D eigenvalue weighted by Crippen LogP contribution is 2.17. The second-order valence-electron chi connectivity index (χ2n) is 5.54. The highest BCUT2D eigenvalue weighted by molar-refractivity contribution is 4.75. The Labute approximate surface area is 101 Å². The van der Waals surface area contributed by atoms with Crippen LogP contribution in [0.5, 0.6) is 0 Å². The molecule has 1 N–H and O–H groups in total. The lowest BCUT2D eigenvalue weighted by Gasteiger charge is -2.27. The molecule has 0 radical (unpaired) electrons. The van der Waals surface area contributed by atoms with E-state index in [0.717, 1.165) is 6.04 Å². The van der Waals surface area contributed by atoms with E-state index >= 15 is 0 Å². The number of piperidine rings is 1. The van der Waals surface area contributed by atoms with E-state index in [1.54, 1.807) is 0 Å². The third-order valence-electron chi connectivity index (χ3n) is 4.14. The molecule has 0 atom stereocenters. The summed E-state index contributed by atoms with van der Waals surface area (Å²) in [5, 5.41) is 3.64. The van der Waals surface area contributed by atoms with Crippen molar-refractivity contribution in [1.82, 2.24) is 10.2 Å². The molecule has 1 heterocycles. The number of hydrogen-bond acceptors (Lipinski definition) is 2. The molecule has 0 unspecified atom stereocenters. The molecule has 2 fully saturated rings. The van der Waals surface area contributed by atoms with Gasteiger partial charge in [0.1, 0.15) is 0 Å². The highest BCUT2D eigenvalue weighted by Gasteiger charge is 2.15. The van der Waals surface area contributed by atoms with Crippen LogP contribution in [0.4, 0.5) is 0 Å². The molecular formula is C14H28N2. The Morgan fingerprint density at radius 2 is 1.69 bits per heavy atom. The van der Waals surface area contributed by atoms with E-state index in [1.807, 2.05) is 0 Å². The number of nitrogens with zero attached hydrogens (tertiary/aromatic N) is 1. The van der Waals surface area contributed by atoms with Crippen LogP contribution in [-0.2, 0) is 0 Å². The van der Waals surface area contributed by atoms with Gasteiger partial charge in [-0.3, -0.25) is 0 Å². The zero-order valence-corrected chi connectivity index (χ0v) is 10.7. The predicted molar refractivity (Wildman–Crippen MR) is 69.8 cm³/mol. The molecule has 16 heavy (non-hydrogen) atoms. The summed E-state index contributed by atoms with van der Waals surface area (Å²) in [7, 11) is 0. The van der Waals surface area contributed by atoms with E-state index in [0.29, 0.717) is 0 Å². The first-order valence-electron chi connectivity index (χ1n) is 7.41. The van der Waals surface area contributed by atoms with Crippen molar-refractivity contribution in [1.29, 1.82) is 0 Å². The van der Waals surface area contributed by atoms with Crippen molar-refractivity contribution in [3.63, 3.8) is 0 Å². The lowest BCUT2D eigenvalue weighted by atomic mass is 9.93. The van der Waals surface area contributed by atoms with Crippen molar-refractivity contribution in [3.8, 4) is 0 Å². The van der Waals surface area contributed by atoms with Gasteiger partial charge in [0.15, 0.2) is 0 Å². The Kier molecular flexibility index (Phi) is 5.64. The zero-order valence-electron chi connectivity index (χ0n) is 10.7. The molecule has 2 rings (SSSR count). The number of nitrogens with one attached hydrogen (secondary N) is 1. The zero-order chi connectivity index (χ0) is 11.1. The molecule has 2 nitrogen and oxygen atoms in total. The Morgan fingerprint density at radius 3 is 2.38 bits per heavy atom. The first-order chi connectivity index (χ1) is 7.95. The van der Waals surface area contributed by atoms with Gasteiger partial charge in [0.25, 0.3) is 0 Å². The van der Waals surface area contributed by atoms with Gasteiger partial charge >= 0.3 is 0 Å². The Balaban J connectivity index is 1.36. The molecular weight excluding hydrogens is 196 g/mol. The fraction of sp³-hybridized carbons (Fsp3) is 1.00. The molecule has 94 valence electrons. The normalized spacial score (nSPS) is 23.2. The van der Waals surface area contributed by atoms with Gasteiger partial charge in [-0.25, -0.2) is 0 Å². The van der Waals surface area contributed by atoms with E-state index in [9.17, 15) is 0 Å². The maximum Gasteiger partial charge on any atom is 0.00670 e. The van der Waals surface area contributed by atoms with Crippen molar-refractivity contribution < 1.29 is 0 Å². The van der Waals surface area contributed by atoms with E-state index in [-0.39, 0.29) is 0 Å². The Hall–Kier alpha value is -0.0800. The summed E-state index contributed by atoms with van der Waals surface area (Å²) in [6.45, 7) is 5.33. The first kappa shape index (κ1) is 12.4. The van der Waals surface area contributed by atoms with Gasteiger partial charge in [-0.2, -0.15) is 0 Å². The lowest BCUT2D eigenvalue weighted by molar-refractivity contribution is 0.224. The molecule has 1 saturated heterocycles. The van der Waals surface area contributed by atoms with Crippen LogP contribution < -0.4 is 5.32 Å². The summed E-state index contributed by atoms with van der Waals surface area (Å²) >= 11 is 0. The molecule has 1 saturated carbocycles. The van der Waals surface area contributed by atoms with E-state index in [2.05, 4.69) is 10.2 Å². The number of unbranched alkanes of at least 4 members (excludes halogenated alkanes) is 2. The molecule has 0 bridgehead atoms. The second kappa shape index (κ2) is 7.29. The largest absolute Gasteiger partial charge is 0.314 e. The summed E-state index contributed by atoms with van der Waals surface area (Å²) < 4.78 is 0. The molecule has 1 aliphatic carbocycles. The molecule has 0 aromatic heterocycles. The third-order valence-corrected chi connectivity index (χ3v) is 4.14. The predicted octanol–water partition coefficient (Wildman–Crippen LogP) is 2.78. The maximum atomic E-state index is 3.64. The quantitative estimate of drug-likeness (QED) is 0.669. The van der Waals surface area contributed by atoms with Crippen molar-refractivity contribution in [2.75, 3.05) is 26.2 Å². The minimum absolute atomic E-state index is 0.877. The summed E-state index contributed by atoms with van der Waals surface area (Å²) in [6, 6.07) is 0.877. The standard InChI is InChI=1S/C14H28N2/c1(3-10-15-14-8-7-9-14)4-11-16-12-5-2-6-13-16/h14-15H,1-13H2. The van der Waals surface area contributed by atoms with E-state index in [1.165, 1.54) is 84.0 Å². The average molecular weight is 224 g/mol. The topological polar surface area (TPSA) is 15.3 Å². The number of hydrogen-bond donors (Lipinski definition) is 1. The van der Waals surface area contributed by atoms with Crippen molar-refractivity contribution in [2.45, 2.75) is 63.8 Å². The van der Waals surface area contributed by atoms with Gasteiger partial charge < -0.3 is 10.2 Å². The molecule has 0 spiro atoms. The fourth-order valence-electron chi connectivity index (χ4n) is 2.74. The van der Waals surface area contributed by atoms with Crippen molar-refractivity contribution in [3.05, 3.63) is 0 Å². The molecule has 0 aromatic carbocycles. The monoisotopic (exact) mass is 224 g/mol. The van der Waals surface area contributed by atoms with Gasteiger partial charge in [-0.05, 0) is 64.7 Å². The Bertz CT molecular complexity index is 172. The number of rotatable bonds is 7. The van der Waals surface area contributed by atoms with Crippen LogP contribution in [0.2, 0.25) is 0 Å². The van der Waals surface area contributed by atoms with Crippen LogP contribution in [0.3, 0.4) is 0 Å². The second-order valence-corrected chi connectivity index (χ2v) is 5.54. The Morgan fingerprint density at radius 1 is 0.875 bits per heavy atom. The van der Waals surface area contributed by atoms with Crippen molar-refractivity contribution >= 4 is 0 Å². The fourth-order valence-corrected chi connectivity index (χ4v) is 2.74. The summed E-state index contributed by atoms with van der Waals surface area (Å²) in [5.74, 6) is 0. The third kappa shape index (κ3) is 4.42. The molecule has 0 aromatic rings. The first-order valence-corrected chi connectivity index (χ1v) is 7.41. The summed E-state index contributed by atoms with van der Waals surface area (Å²) in [5.41, 5.74) is 0. The molecule has 2 aliphatic rings. The van der Waals surface area contributed by atoms with Crippen LogP contribution in [0, 0.1) is 0 Å². The molecule has 0 amide bonds. The minimum Gasteiger partial charge on any atom is -0.314 e. The van der Waals surface area contributed by atoms with Crippen LogP contribution >= 0.6 is 0 Å². The van der Waals surface area contributed by atoms with Crippen LogP contribution in [-0.4, -0.2) is 37.1 Å². The summed E-state index contributed by atoms with van der Waals surface area (Å²) in [6.07, 6.45) is 12.8. The van der Waals surface area contributed by atoms with Gasteiger partial charge in [-0.1, -0.05) is 19.3 Å². The van der Waals surface area contributed by atoms with Gasteiger partial charge in [-0.15, -0.1) is 0 Å². The van der Waals surface area contributed by atoms with Crippen LogP contribution in [0.15, 0.2) is 0 Å². The van der Waals surface area contributed by atoms with E-state index in [4.69, 9.17) is 0 Å². The van der Waals surface area contributed by atoms with Gasteiger partial charge in [0.2, 0.25) is 0 Å². The van der Waals surface area contributed by atoms with Crippen LogP contribution in [0.1, 0.15) is 57.8 Å². The van der Waals surface area contributed by atoms with E-state index < -0.39 is 0 Å². The number of likely N-dealkylation sites (tertiary alicyclic amines) is 1. The van der Waals surface area contributed by atoms with Gasteiger partial charge in [0, 0.05) is 6.04 Å². The molecule has 2 heteroatoms. The lowest BCUT2D eigenvalue weighted by Crippen LogP contribution is -2.35. The molecule has 1 aliphatic heterocycles. The SMILES string of the molecule is C(CCNC1CCC1)CCN1CCCCC1. The minimum atomic E-state index is 0.877. The average Bonchev–Trinajstić information content (AvgIpc) is 2.27. The van der Waals surface area contributed by atoms with Gasteiger partial charge in [0.05, 0.1) is 0 Å². The smallest absolute Gasteiger partial charge is 0.00670 e. The summed E-state index contributed by atoms with van der Waals surface area (Å²) in [4.78, 5) is 2.66. The highest BCUT2D eigenvalue weighted by atomic mass is 15.1.